The second-order valence-corrected chi connectivity index (χ2v) is 7.34. The van der Waals surface area contributed by atoms with Crippen molar-refractivity contribution in [3.8, 4) is 0 Å². The van der Waals surface area contributed by atoms with E-state index < -0.39 is 0 Å². The Bertz CT molecular complexity index is 734. The van der Waals surface area contributed by atoms with Crippen molar-refractivity contribution in [3.63, 3.8) is 0 Å². The van der Waals surface area contributed by atoms with Crippen molar-refractivity contribution < 1.29 is 14.3 Å². The predicted molar refractivity (Wildman–Crippen MR) is 99.7 cm³/mol. The topological polar surface area (TPSA) is 38.8 Å². The van der Waals surface area contributed by atoms with Crippen molar-refractivity contribution in [2.45, 2.75) is 37.6 Å². The molecule has 2 aromatic rings. The van der Waals surface area contributed by atoms with E-state index in [0.717, 1.165) is 24.9 Å². The number of ether oxygens (including phenoxy) is 2. The molecular formula is C22H25NO3. The maximum Gasteiger partial charge on any atom is 0.227 e. The second kappa shape index (κ2) is 7.60. The van der Waals surface area contributed by atoms with Gasteiger partial charge in [-0.2, -0.15) is 0 Å². The van der Waals surface area contributed by atoms with Gasteiger partial charge in [0.15, 0.2) is 0 Å². The van der Waals surface area contributed by atoms with Crippen LogP contribution >= 0.6 is 0 Å². The molecule has 1 amide bonds. The molecule has 0 aromatic heterocycles. The van der Waals surface area contributed by atoms with Crippen molar-refractivity contribution in [3.05, 3.63) is 71.8 Å². The normalized spacial score (nSPS) is 25.1. The van der Waals surface area contributed by atoms with E-state index in [0.29, 0.717) is 26.2 Å². The van der Waals surface area contributed by atoms with Crippen molar-refractivity contribution in [2.75, 3.05) is 19.7 Å². The van der Waals surface area contributed by atoms with E-state index in [9.17, 15) is 4.79 Å². The molecule has 2 heterocycles. The smallest absolute Gasteiger partial charge is 0.227 e. The number of amides is 1. The average molecular weight is 351 g/mol. The fourth-order valence-corrected chi connectivity index (χ4v) is 3.92. The van der Waals surface area contributed by atoms with Gasteiger partial charge in [0.25, 0.3) is 0 Å². The van der Waals surface area contributed by atoms with Gasteiger partial charge >= 0.3 is 0 Å². The summed E-state index contributed by atoms with van der Waals surface area (Å²) in [4.78, 5) is 14.5. The third kappa shape index (κ3) is 3.97. The van der Waals surface area contributed by atoms with Gasteiger partial charge in [0.2, 0.25) is 5.91 Å². The summed E-state index contributed by atoms with van der Waals surface area (Å²) in [6, 6.07) is 20.1. The first kappa shape index (κ1) is 17.3. The van der Waals surface area contributed by atoms with E-state index in [-0.39, 0.29) is 17.6 Å². The largest absolute Gasteiger partial charge is 0.371 e. The Morgan fingerprint density at radius 2 is 1.77 bits per heavy atom. The van der Waals surface area contributed by atoms with Gasteiger partial charge in [-0.1, -0.05) is 60.7 Å². The van der Waals surface area contributed by atoms with E-state index in [1.165, 1.54) is 5.56 Å². The van der Waals surface area contributed by atoms with Gasteiger partial charge in [-0.25, -0.2) is 0 Å². The van der Waals surface area contributed by atoms with E-state index in [1.807, 2.05) is 53.4 Å². The first-order chi connectivity index (χ1) is 12.7. The Kier molecular flexibility index (Phi) is 5.05. The lowest BCUT2D eigenvalue weighted by molar-refractivity contribution is -0.130. The van der Waals surface area contributed by atoms with Crippen LogP contribution in [0.1, 0.15) is 24.0 Å². The van der Waals surface area contributed by atoms with Crippen LogP contribution in [-0.4, -0.2) is 42.2 Å². The zero-order chi connectivity index (χ0) is 17.8. The Balaban J connectivity index is 1.28. The average Bonchev–Trinajstić information content (AvgIpc) is 3.29. The summed E-state index contributed by atoms with van der Waals surface area (Å²) in [5.74, 6) is 0.185. The number of carbonyl (C=O) groups excluding carboxylic acids is 1. The third-order valence-electron chi connectivity index (χ3n) is 5.37. The zero-order valence-electron chi connectivity index (χ0n) is 15.0. The summed E-state index contributed by atoms with van der Waals surface area (Å²) >= 11 is 0. The molecule has 2 fully saturated rings. The highest BCUT2D eigenvalue weighted by Gasteiger charge is 2.47. The van der Waals surface area contributed by atoms with Gasteiger partial charge < -0.3 is 14.4 Å². The lowest BCUT2D eigenvalue weighted by Gasteiger charge is -2.23. The van der Waals surface area contributed by atoms with Crippen LogP contribution < -0.4 is 0 Å². The molecule has 2 aliphatic rings. The van der Waals surface area contributed by atoms with E-state index in [1.54, 1.807) is 0 Å². The Hall–Kier alpha value is -2.17. The number of hydrogen-bond donors (Lipinski definition) is 0. The molecule has 2 aromatic carbocycles. The molecule has 4 rings (SSSR count). The first-order valence-corrected chi connectivity index (χ1v) is 9.34. The summed E-state index contributed by atoms with van der Waals surface area (Å²) in [5, 5.41) is 0. The molecule has 2 aliphatic heterocycles. The second-order valence-electron chi connectivity index (χ2n) is 7.34. The van der Waals surface area contributed by atoms with Crippen LogP contribution in [0.2, 0.25) is 0 Å². The molecule has 0 N–H and O–H groups in total. The summed E-state index contributed by atoms with van der Waals surface area (Å²) in [5.41, 5.74) is 2.03. The third-order valence-corrected chi connectivity index (χ3v) is 5.37. The summed E-state index contributed by atoms with van der Waals surface area (Å²) < 4.78 is 12.2. The van der Waals surface area contributed by atoms with Gasteiger partial charge in [0.05, 0.1) is 31.3 Å². The highest BCUT2D eigenvalue weighted by molar-refractivity contribution is 5.79. The van der Waals surface area contributed by atoms with Crippen LogP contribution in [0.4, 0.5) is 0 Å². The molecule has 0 unspecified atom stereocenters. The number of hydrogen-bond acceptors (Lipinski definition) is 3. The van der Waals surface area contributed by atoms with Crippen LogP contribution in [0, 0.1) is 0 Å². The van der Waals surface area contributed by atoms with Gasteiger partial charge in [0.1, 0.15) is 0 Å². The Morgan fingerprint density at radius 1 is 1.08 bits per heavy atom. The van der Waals surface area contributed by atoms with Gasteiger partial charge in [-0.15, -0.1) is 0 Å². The molecule has 0 radical (unpaired) electrons. The fraction of sp³-hybridized carbons (Fsp3) is 0.409. The van der Waals surface area contributed by atoms with E-state index in [4.69, 9.17) is 9.47 Å². The highest BCUT2D eigenvalue weighted by Crippen LogP contribution is 2.36. The maximum absolute atomic E-state index is 12.6. The number of benzene rings is 2. The molecule has 26 heavy (non-hydrogen) atoms. The van der Waals surface area contributed by atoms with Crippen LogP contribution in [-0.2, 0) is 27.3 Å². The summed E-state index contributed by atoms with van der Waals surface area (Å²) in [6.45, 7) is 2.69. The van der Waals surface area contributed by atoms with E-state index in [2.05, 4.69) is 12.1 Å². The number of rotatable bonds is 5. The Labute approximate surface area is 154 Å². The fourth-order valence-electron chi connectivity index (χ4n) is 3.92. The van der Waals surface area contributed by atoms with Crippen LogP contribution in [0.15, 0.2) is 60.7 Å². The van der Waals surface area contributed by atoms with Crippen molar-refractivity contribution in [2.24, 2.45) is 0 Å². The first-order valence-electron chi connectivity index (χ1n) is 9.34. The quantitative estimate of drug-likeness (QED) is 0.830. The monoisotopic (exact) mass is 351 g/mol. The zero-order valence-corrected chi connectivity index (χ0v) is 15.0. The summed E-state index contributed by atoms with van der Waals surface area (Å²) in [7, 11) is 0. The molecule has 0 aliphatic carbocycles. The van der Waals surface area contributed by atoms with Gasteiger partial charge in [-0.05, 0) is 17.5 Å². The van der Waals surface area contributed by atoms with E-state index >= 15 is 0 Å². The number of likely N-dealkylation sites (tertiary alicyclic amines) is 1. The van der Waals surface area contributed by atoms with Crippen LogP contribution in [0.3, 0.4) is 0 Å². The van der Waals surface area contributed by atoms with Crippen LogP contribution in [0.5, 0.6) is 0 Å². The molecule has 0 saturated carbocycles. The van der Waals surface area contributed by atoms with Crippen molar-refractivity contribution in [1.29, 1.82) is 0 Å². The molecule has 136 valence electrons. The lowest BCUT2D eigenvalue weighted by atomic mass is 9.98. The number of carbonyl (C=O) groups is 1. The molecule has 2 saturated heterocycles. The molecule has 1 spiro atoms. The lowest BCUT2D eigenvalue weighted by Crippen LogP contribution is -2.36. The minimum Gasteiger partial charge on any atom is -0.371 e. The van der Waals surface area contributed by atoms with Crippen LogP contribution in [0.25, 0.3) is 0 Å². The minimum atomic E-state index is -0.215. The van der Waals surface area contributed by atoms with Crippen molar-refractivity contribution in [1.82, 2.24) is 4.90 Å². The minimum absolute atomic E-state index is 0.111. The Morgan fingerprint density at radius 3 is 2.50 bits per heavy atom. The molecule has 2 atom stereocenters. The standard InChI is InChI=1S/C22H25NO3/c24-21(13-18-7-3-1-4-8-18)23-12-11-22(17-23)14-20(16-26-22)25-15-19-9-5-2-6-10-19/h1-10,20H,11-17H2/t20-,22-/m0/s1. The summed E-state index contributed by atoms with van der Waals surface area (Å²) in [6.07, 6.45) is 2.35. The maximum atomic E-state index is 12.6. The van der Waals surface area contributed by atoms with Gasteiger partial charge in [-0.3, -0.25) is 4.79 Å². The predicted octanol–water partition coefficient (Wildman–Crippen LogP) is 3.21. The SMILES string of the molecule is O=C(Cc1ccccc1)N1CC[C@]2(C[C@H](OCc3ccccc3)CO2)C1. The highest BCUT2D eigenvalue weighted by atomic mass is 16.6. The van der Waals surface area contributed by atoms with Crippen molar-refractivity contribution >= 4 is 5.91 Å². The molecule has 4 heteroatoms. The molecule has 0 bridgehead atoms. The van der Waals surface area contributed by atoms with Gasteiger partial charge in [0, 0.05) is 19.5 Å². The number of nitrogens with zero attached hydrogens (tertiary/aromatic N) is 1. The molecule has 4 nitrogen and oxygen atoms in total. The molecular weight excluding hydrogens is 326 g/mol.